The zero-order chi connectivity index (χ0) is 20.4. The van der Waals surface area contributed by atoms with Gasteiger partial charge in [0, 0.05) is 51.9 Å². The van der Waals surface area contributed by atoms with Crippen LogP contribution in [0.25, 0.3) is 0 Å². The van der Waals surface area contributed by atoms with Crippen molar-refractivity contribution in [2.45, 2.75) is 25.4 Å². The molecule has 1 saturated carbocycles. The van der Waals surface area contributed by atoms with Crippen molar-refractivity contribution in [3.8, 4) is 5.75 Å². The first-order valence-electron chi connectivity index (χ1n) is 11.0. The lowest BCUT2D eigenvalue weighted by Crippen LogP contribution is -2.67. The Morgan fingerprint density at radius 2 is 1.70 bits per heavy atom. The molecular formula is C23H30FN5O. The van der Waals surface area contributed by atoms with Crippen molar-refractivity contribution >= 4 is 5.95 Å². The molecule has 7 heteroatoms. The Morgan fingerprint density at radius 1 is 1.00 bits per heavy atom. The van der Waals surface area contributed by atoms with Gasteiger partial charge < -0.3 is 9.64 Å². The van der Waals surface area contributed by atoms with Gasteiger partial charge in [-0.15, -0.1) is 0 Å². The molecule has 0 atom stereocenters. The minimum atomic E-state index is -0.503. The molecule has 6 nitrogen and oxygen atoms in total. The largest absolute Gasteiger partial charge is 0.488 e. The molecule has 0 amide bonds. The number of hydrogen-bond acceptors (Lipinski definition) is 6. The maximum atomic E-state index is 12.2. The topological polar surface area (TPSA) is 44.7 Å². The van der Waals surface area contributed by atoms with Crippen LogP contribution in [-0.4, -0.2) is 78.4 Å². The van der Waals surface area contributed by atoms with Crippen molar-refractivity contribution in [1.82, 2.24) is 19.8 Å². The third-order valence-corrected chi connectivity index (χ3v) is 6.78. The number of likely N-dealkylation sites (tertiary alicyclic amines) is 1. The van der Waals surface area contributed by atoms with Crippen molar-refractivity contribution in [3.63, 3.8) is 0 Å². The fourth-order valence-corrected chi connectivity index (χ4v) is 5.30. The number of hydrogen-bond donors (Lipinski definition) is 0. The van der Waals surface area contributed by atoms with Gasteiger partial charge in [-0.1, -0.05) is 30.3 Å². The van der Waals surface area contributed by atoms with E-state index in [1.54, 1.807) is 12.4 Å². The van der Waals surface area contributed by atoms with Crippen LogP contribution in [0.4, 0.5) is 10.3 Å². The van der Waals surface area contributed by atoms with E-state index < -0.39 is 6.67 Å². The van der Waals surface area contributed by atoms with Gasteiger partial charge in [-0.3, -0.25) is 9.80 Å². The molecule has 0 bridgehead atoms. The SMILES string of the molecule is FCCOc1cnc(N2CCN(C3CC4(C3)CN(Cc3ccccc3)C4)CC2)nc1. The second-order valence-electron chi connectivity index (χ2n) is 8.97. The quantitative estimate of drug-likeness (QED) is 0.698. The molecule has 3 heterocycles. The predicted octanol–water partition coefficient (Wildman–Crippen LogP) is 2.61. The Kier molecular flexibility index (Phi) is 5.56. The van der Waals surface area contributed by atoms with E-state index in [4.69, 9.17) is 4.74 Å². The summed E-state index contributed by atoms with van der Waals surface area (Å²) in [4.78, 5) is 16.3. The van der Waals surface area contributed by atoms with Gasteiger partial charge in [0.2, 0.25) is 5.95 Å². The molecule has 5 rings (SSSR count). The van der Waals surface area contributed by atoms with E-state index in [0.29, 0.717) is 11.2 Å². The summed E-state index contributed by atoms with van der Waals surface area (Å²) < 4.78 is 17.4. The fourth-order valence-electron chi connectivity index (χ4n) is 5.30. The predicted molar refractivity (Wildman–Crippen MR) is 114 cm³/mol. The van der Waals surface area contributed by atoms with E-state index in [2.05, 4.69) is 55.0 Å². The fraction of sp³-hybridized carbons (Fsp3) is 0.565. The number of rotatable bonds is 7. The van der Waals surface area contributed by atoms with Crippen molar-refractivity contribution in [2.24, 2.45) is 5.41 Å². The van der Waals surface area contributed by atoms with Crippen LogP contribution >= 0.6 is 0 Å². The van der Waals surface area contributed by atoms with E-state index in [9.17, 15) is 4.39 Å². The van der Waals surface area contributed by atoms with Crippen LogP contribution in [0.3, 0.4) is 0 Å². The maximum absolute atomic E-state index is 12.2. The van der Waals surface area contributed by atoms with E-state index >= 15 is 0 Å². The molecule has 0 unspecified atom stereocenters. The highest BCUT2D eigenvalue weighted by atomic mass is 19.1. The monoisotopic (exact) mass is 411 g/mol. The zero-order valence-corrected chi connectivity index (χ0v) is 17.4. The molecule has 1 aromatic heterocycles. The number of anilines is 1. The van der Waals surface area contributed by atoms with Crippen molar-refractivity contribution in [1.29, 1.82) is 0 Å². The molecule has 2 aliphatic heterocycles. The van der Waals surface area contributed by atoms with Gasteiger partial charge in [-0.2, -0.15) is 0 Å². The Bertz CT molecular complexity index is 811. The van der Waals surface area contributed by atoms with E-state index in [-0.39, 0.29) is 6.61 Å². The Labute approximate surface area is 177 Å². The first kappa shape index (κ1) is 19.7. The Morgan fingerprint density at radius 3 is 2.37 bits per heavy atom. The molecule has 30 heavy (non-hydrogen) atoms. The number of aromatic nitrogens is 2. The molecule has 3 aliphatic rings. The molecule has 0 N–H and O–H groups in total. The number of alkyl halides is 1. The molecule has 0 radical (unpaired) electrons. The van der Waals surface area contributed by atoms with Gasteiger partial charge in [0.1, 0.15) is 13.3 Å². The molecule has 1 spiro atoms. The van der Waals surface area contributed by atoms with Crippen LogP contribution in [0.15, 0.2) is 42.7 Å². The van der Waals surface area contributed by atoms with Crippen LogP contribution in [0.1, 0.15) is 18.4 Å². The molecule has 2 aromatic rings. The highest BCUT2D eigenvalue weighted by Crippen LogP contribution is 2.50. The van der Waals surface area contributed by atoms with Gasteiger partial charge in [0.05, 0.1) is 12.4 Å². The standard InChI is InChI=1S/C23H30FN5O/c24-6-11-30-21-14-25-22(26-15-21)29-9-7-28(8-10-29)20-12-23(13-20)17-27(18-23)16-19-4-2-1-3-5-19/h1-5,14-15,20H,6-13,16-18H2. The van der Waals surface area contributed by atoms with Gasteiger partial charge in [0.15, 0.2) is 5.75 Å². The zero-order valence-electron chi connectivity index (χ0n) is 17.4. The van der Waals surface area contributed by atoms with Crippen LogP contribution in [-0.2, 0) is 6.54 Å². The Balaban J connectivity index is 1.04. The van der Waals surface area contributed by atoms with Crippen LogP contribution in [0.5, 0.6) is 5.75 Å². The lowest BCUT2D eigenvalue weighted by atomic mass is 9.60. The highest BCUT2D eigenvalue weighted by molar-refractivity contribution is 5.32. The summed E-state index contributed by atoms with van der Waals surface area (Å²) in [6.07, 6.45) is 5.96. The summed E-state index contributed by atoms with van der Waals surface area (Å²) >= 11 is 0. The Hall–Kier alpha value is -2.25. The van der Waals surface area contributed by atoms with Crippen LogP contribution in [0.2, 0.25) is 0 Å². The second kappa shape index (κ2) is 8.47. The molecule has 1 aliphatic carbocycles. The molecule has 1 aromatic carbocycles. The van der Waals surface area contributed by atoms with Gasteiger partial charge in [-0.05, 0) is 23.8 Å². The average molecular weight is 412 g/mol. The molecule has 160 valence electrons. The highest BCUT2D eigenvalue weighted by Gasteiger charge is 2.53. The second-order valence-corrected chi connectivity index (χ2v) is 8.97. The summed E-state index contributed by atoms with van der Waals surface area (Å²) in [6, 6.07) is 11.5. The molecular weight excluding hydrogens is 381 g/mol. The molecule has 2 saturated heterocycles. The smallest absolute Gasteiger partial charge is 0.225 e. The normalized spacial score (nSPS) is 22.0. The van der Waals surface area contributed by atoms with Gasteiger partial charge >= 0.3 is 0 Å². The van der Waals surface area contributed by atoms with Crippen LogP contribution < -0.4 is 9.64 Å². The third-order valence-electron chi connectivity index (χ3n) is 6.78. The lowest BCUT2D eigenvalue weighted by molar-refractivity contribution is -0.113. The van der Waals surface area contributed by atoms with Gasteiger partial charge in [0.25, 0.3) is 0 Å². The van der Waals surface area contributed by atoms with Crippen LogP contribution in [0, 0.1) is 5.41 Å². The van der Waals surface area contributed by atoms with Crippen molar-refractivity contribution in [2.75, 3.05) is 57.4 Å². The first-order valence-corrected chi connectivity index (χ1v) is 11.0. The minimum absolute atomic E-state index is 0.0499. The van der Waals surface area contributed by atoms with Gasteiger partial charge in [-0.25, -0.2) is 14.4 Å². The van der Waals surface area contributed by atoms with E-state index in [1.165, 1.54) is 31.5 Å². The number of nitrogens with zero attached hydrogens (tertiary/aromatic N) is 5. The minimum Gasteiger partial charge on any atom is -0.488 e. The van der Waals surface area contributed by atoms with Crippen molar-refractivity contribution in [3.05, 3.63) is 48.3 Å². The summed E-state index contributed by atoms with van der Waals surface area (Å²) in [5.41, 5.74) is 2.00. The number of piperazine rings is 1. The maximum Gasteiger partial charge on any atom is 0.225 e. The number of benzene rings is 1. The summed E-state index contributed by atoms with van der Waals surface area (Å²) in [5, 5.41) is 0. The molecule has 3 fully saturated rings. The van der Waals surface area contributed by atoms with E-state index in [1.807, 2.05) is 0 Å². The third kappa shape index (κ3) is 4.14. The number of halogens is 1. The summed E-state index contributed by atoms with van der Waals surface area (Å²) in [6.45, 7) is 7.18. The number of ether oxygens (including phenoxy) is 1. The summed E-state index contributed by atoms with van der Waals surface area (Å²) in [5.74, 6) is 1.26. The lowest BCUT2D eigenvalue weighted by Gasteiger charge is -2.62. The van der Waals surface area contributed by atoms with E-state index in [0.717, 1.165) is 44.7 Å². The first-order chi connectivity index (χ1) is 14.7. The summed E-state index contributed by atoms with van der Waals surface area (Å²) in [7, 11) is 0. The van der Waals surface area contributed by atoms with Crippen molar-refractivity contribution < 1.29 is 9.13 Å². The average Bonchev–Trinajstić information content (AvgIpc) is 2.74.